The van der Waals surface area contributed by atoms with Crippen molar-refractivity contribution >= 4 is 0 Å². The molecule has 0 atom stereocenters. The number of nitrogens with zero attached hydrogens (tertiary/aromatic N) is 1. The number of ether oxygens (including phenoxy) is 1. The second-order valence-corrected chi connectivity index (χ2v) is 7.34. The van der Waals surface area contributed by atoms with Crippen molar-refractivity contribution in [3.63, 3.8) is 0 Å². The fraction of sp³-hybridized carbons (Fsp3) is 0.375. The van der Waals surface area contributed by atoms with Gasteiger partial charge in [-0.3, -0.25) is 0 Å². The summed E-state index contributed by atoms with van der Waals surface area (Å²) in [5, 5.41) is 8.86. The number of benzene rings is 2. The number of hydrogen-bond donors (Lipinski definition) is 0. The first-order chi connectivity index (χ1) is 13.5. The number of rotatable bonds is 7. The number of hydrogen-bond acceptors (Lipinski definition) is 2. The van der Waals surface area contributed by atoms with Crippen molar-refractivity contribution in [3.05, 3.63) is 77.4 Å². The van der Waals surface area contributed by atoms with Gasteiger partial charge in [-0.1, -0.05) is 37.5 Å². The van der Waals surface area contributed by atoms with Crippen LogP contribution in [0.1, 0.15) is 66.7 Å². The van der Waals surface area contributed by atoms with E-state index in [0.29, 0.717) is 11.1 Å². The molecule has 0 unspecified atom stereocenters. The van der Waals surface area contributed by atoms with Crippen LogP contribution < -0.4 is 4.74 Å². The highest BCUT2D eigenvalue weighted by Gasteiger charge is 2.38. The van der Waals surface area contributed by atoms with Gasteiger partial charge in [0.25, 0.3) is 0 Å². The van der Waals surface area contributed by atoms with Crippen LogP contribution >= 0.6 is 0 Å². The molecule has 1 saturated carbocycles. The summed E-state index contributed by atoms with van der Waals surface area (Å²) in [5.74, 6) is 0.192. The Balaban J connectivity index is 1.92. The lowest BCUT2D eigenvalue weighted by atomic mass is 9.81. The molecule has 2 nitrogen and oxygen atoms in total. The van der Waals surface area contributed by atoms with E-state index in [1.807, 2.05) is 18.2 Å². The van der Waals surface area contributed by atoms with Gasteiger partial charge in [-0.15, -0.1) is 6.58 Å². The van der Waals surface area contributed by atoms with Crippen LogP contribution in [-0.2, 0) is 12.5 Å². The number of alkyl halides is 2. The van der Waals surface area contributed by atoms with Crippen molar-refractivity contribution in [2.75, 3.05) is 0 Å². The third-order valence-electron chi connectivity index (χ3n) is 5.34. The molecule has 3 rings (SSSR count). The van der Waals surface area contributed by atoms with Gasteiger partial charge in [0.15, 0.2) is 0 Å². The predicted molar refractivity (Wildman–Crippen MR) is 106 cm³/mol. The third kappa shape index (κ3) is 4.78. The van der Waals surface area contributed by atoms with E-state index in [2.05, 4.69) is 6.58 Å². The van der Waals surface area contributed by atoms with Gasteiger partial charge in [0, 0.05) is 0 Å². The Bertz CT molecular complexity index is 846. The zero-order chi connectivity index (χ0) is 20.0. The van der Waals surface area contributed by atoms with Crippen LogP contribution in [0.4, 0.5) is 8.78 Å². The molecule has 0 N–H and O–H groups in total. The fourth-order valence-electron chi connectivity index (χ4n) is 3.85. The SMILES string of the molecule is C=CCCc1ccc(C(F)(F)Oc2ccc(C#N)cc2)c(C2CCCCC2)c1. The van der Waals surface area contributed by atoms with Gasteiger partial charge in [-0.05, 0) is 73.1 Å². The minimum atomic E-state index is -3.43. The zero-order valence-corrected chi connectivity index (χ0v) is 16.0. The second kappa shape index (κ2) is 9.01. The Hall–Kier alpha value is -2.67. The molecule has 0 aliphatic heterocycles. The van der Waals surface area contributed by atoms with Crippen LogP contribution in [0.15, 0.2) is 55.1 Å². The monoisotopic (exact) mass is 381 g/mol. The highest BCUT2D eigenvalue weighted by Crippen LogP contribution is 2.41. The molecule has 1 aliphatic rings. The molecule has 1 aliphatic carbocycles. The predicted octanol–water partition coefficient (Wildman–Crippen LogP) is 6.85. The van der Waals surface area contributed by atoms with Gasteiger partial charge in [0.1, 0.15) is 5.75 Å². The summed E-state index contributed by atoms with van der Waals surface area (Å²) in [6, 6.07) is 13.0. The topological polar surface area (TPSA) is 33.0 Å². The molecule has 28 heavy (non-hydrogen) atoms. The number of aryl methyl sites for hydroxylation is 1. The minimum Gasteiger partial charge on any atom is -0.429 e. The standard InChI is InChI=1S/C24H25F2NO/c1-2-3-7-18-12-15-23(22(16-18)20-8-5-4-6-9-20)24(25,26)28-21-13-10-19(17-27)11-14-21/h2,10-16,20H,1,3-9H2. The normalized spacial score (nSPS) is 15.0. The molecule has 146 valence electrons. The summed E-state index contributed by atoms with van der Waals surface area (Å²) < 4.78 is 35.3. The van der Waals surface area contributed by atoms with Gasteiger partial charge in [-0.2, -0.15) is 14.0 Å². The summed E-state index contributed by atoms with van der Waals surface area (Å²) in [5.41, 5.74) is 2.12. The van der Waals surface area contributed by atoms with Gasteiger partial charge >= 0.3 is 6.11 Å². The average molecular weight is 381 g/mol. The lowest BCUT2D eigenvalue weighted by Crippen LogP contribution is -2.25. The first-order valence-electron chi connectivity index (χ1n) is 9.84. The minimum absolute atomic E-state index is 0.0499. The van der Waals surface area contributed by atoms with Gasteiger partial charge in [0.05, 0.1) is 17.2 Å². The van der Waals surface area contributed by atoms with Crippen molar-refractivity contribution in [1.82, 2.24) is 0 Å². The molecule has 0 aromatic heterocycles. The van der Waals surface area contributed by atoms with Crippen molar-refractivity contribution in [2.24, 2.45) is 0 Å². The second-order valence-electron chi connectivity index (χ2n) is 7.34. The molecule has 0 bridgehead atoms. The summed E-state index contributed by atoms with van der Waals surface area (Å²) >= 11 is 0. The maximum Gasteiger partial charge on any atom is 0.426 e. The number of allylic oxidation sites excluding steroid dienone is 1. The Morgan fingerprint density at radius 1 is 1.11 bits per heavy atom. The van der Waals surface area contributed by atoms with Gasteiger partial charge in [0.2, 0.25) is 0 Å². The van der Waals surface area contributed by atoms with Crippen molar-refractivity contribution in [3.8, 4) is 11.8 Å². The average Bonchev–Trinajstić information content (AvgIpc) is 2.73. The van der Waals surface area contributed by atoms with Crippen molar-refractivity contribution in [1.29, 1.82) is 5.26 Å². The van der Waals surface area contributed by atoms with E-state index in [1.54, 1.807) is 6.07 Å². The molecule has 1 fully saturated rings. The molecule has 0 amide bonds. The Kier molecular flexibility index (Phi) is 6.46. The summed E-state index contributed by atoms with van der Waals surface area (Å²) in [6.45, 7) is 3.74. The van der Waals surface area contributed by atoms with Crippen LogP contribution in [0.3, 0.4) is 0 Å². The molecule has 4 heteroatoms. The van der Waals surface area contributed by atoms with E-state index < -0.39 is 6.11 Å². The lowest BCUT2D eigenvalue weighted by molar-refractivity contribution is -0.186. The molecular weight excluding hydrogens is 356 g/mol. The van der Waals surface area contributed by atoms with E-state index >= 15 is 8.78 Å². The van der Waals surface area contributed by atoms with Crippen LogP contribution in [0.25, 0.3) is 0 Å². The van der Waals surface area contributed by atoms with Crippen LogP contribution in [-0.4, -0.2) is 0 Å². The Labute approximate surface area is 165 Å². The highest BCUT2D eigenvalue weighted by atomic mass is 19.3. The largest absolute Gasteiger partial charge is 0.429 e. The van der Waals surface area contributed by atoms with E-state index in [4.69, 9.17) is 10.00 Å². The van der Waals surface area contributed by atoms with E-state index in [9.17, 15) is 0 Å². The van der Waals surface area contributed by atoms with E-state index in [1.165, 1.54) is 36.8 Å². The number of halogens is 2. The van der Waals surface area contributed by atoms with Gasteiger partial charge < -0.3 is 4.74 Å². The van der Waals surface area contributed by atoms with Crippen LogP contribution in [0.2, 0.25) is 0 Å². The molecule has 0 heterocycles. The third-order valence-corrected chi connectivity index (χ3v) is 5.34. The summed E-state index contributed by atoms with van der Waals surface area (Å²) in [6.07, 6.45) is 5.21. The van der Waals surface area contributed by atoms with Gasteiger partial charge in [-0.25, -0.2) is 0 Å². The quantitative estimate of drug-likeness (QED) is 0.491. The summed E-state index contributed by atoms with van der Waals surface area (Å²) in [7, 11) is 0. The van der Waals surface area contributed by atoms with Crippen LogP contribution in [0.5, 0.6) is 5.75 Å². The lowest BCUT2D eigenvalue weighted by Gasteiger charge is -2.28. The van der Waals surface area contributed by atoms with Crippen molar-refractivity contribution < 1.29 is 13.5 Å². The van der Waals surface area contributed by atoms with Crippen molar-refractivity contribution in [2.45, 2.75) is 57.0 Å². The Morgan fingerprint density at radius 2 is 1.82 bits per heavy atom. The number of nitriles is 1. The smallest absolute Gasteiger partial charge is 0.426 e. The maximum atomic E-state index is 15.1. The fourth-order valence-corrected chi connectivity index (χ4v) is 3.85. The molecular formula is C24H25F2NO. The molecule has 2 aromatic rings. The molecule has 0 saturated heterocycles. The molecule has 0 radical (unpaired) electrons. The molecule has 0 spiro atoms. The summed E-state index contributed by atoms with van der Waals surface area (Å²) in [4.78, 5) is 0. The highest BCUT2D eigenvalue weighted by molar-refractivity contribution is 5.39. The molecule has 2 aromatic carbocycles. The van der Waals surface area contributed by atoms with E-state index in [0.717, 1.165) is 44.1 Å². The zero-order valence-electron chi connectivity index (χ0n) is 16.0. The van der Waals surface area contributed by atoms with Crippen LogP contribution in [0, 0.1) is 11.3 Å². The first kappa shape index (κ1) is 20.1. The Morgan fingerprint density at radius 3 is 2.46 bits per heavy atom. The first-order valence-corrected chi connectivity index (χ1v) is 9.84. The van der Waals surface area contributed by atoms with E-state index in [-0.39, 0.29) is 17.2 Å². The maximum absolute atomic E-state index is 15.1.